The lowest BCUT2D eigenvalue weighted by atomic mass is 10.4. The predicted molar refractivity (Wildman–Crippen MR) is 44.7 cm³/mol. The van der Waals surface area contributed by atoms with Crippen LogP contribution in [0.2, 0.25) is 0 Å². The third-order valence-corrected chi connectivity index (χ3v) is 1.42. The maximum absolute atomic E-state index is 10.8. The molecule has 0 aliphatic rings. The van der Waals surface area contributed by atoms with Gasteiger partial charge in [-0.15, -0.1) is 0 Å². The molecular weight excluding hydrogens is 166 g/mol. The van der Waals surface area contributed by atoms with Crippen LogP contribution >= 0.6 is 12.6 Å². The second kappa shape index (κ2) is 6.45. The summed E-state index contributed by atoms with van der Waals surface area (Å²) in [6.45, 7) is 0.641. The summed E-state index contributed by atoms with van der Waals surface area (Å²) in [6.07, 6.45) is 0. The van der Waals surface area contributed by atoms with Crippen molar-refractivity contribution in [1.82, 2.24) is 0 Å². The number of methoxy groups -OCH3 is 1. The third kappa shape index (κ3) is 5.06. The molecule has 0 aliphatic heterocycles. The van der Waals surface area contributed by atoms with Gasteiger partial charge >= 0.3 is 5.97 Å². The molecule has 66 valence electrons. The lowest BCUT2D eigenvalue weighted by Crippen LogP contribution is -2.34. The van der Waals surface area contributed by atoms with Gasteiger partial charge in [0.15, 0.2) is 0 Å². The molecule has 2 N–H and O–H groups in total. The fourth-order valence-electron chi connectivity index (χ4n) is 0.407. The molecule has 0 aromatic rings. The summed E-state index contributed by atoms with van der Waals surface area (Å²) < 4.78 is 9.37. The number of carbonyl (C=O) groups excluding carboxylic acids is 1. The van der Waals surface area contributed by atoms with Crippen LogP contribution in [0.25, 0.3) is 0 Å². The van der Waals surface area contributed by atoms with E-state index in [0.717, 1.165) is 0 Å². The van der Waals surface area contributed by atoms with Gasteiger partial charge in [-0.25, -0.2) is 0 Å². The zero-order valence-corrected chi connectivity index (χ0v) is 7.34. The molecule has 0 aromatic carbocycles. The van der Waals surface area contributed by atoms with Crippen molar-refractivity contribution in [2.45, 2.75) is 6.04 Å². The highest BCUT2D eigenvalue weighted by atomic mass is 32.1. The molecule has 0 aromatic heterocycles. The Hall–Kier alpha value is -0.260. The lowest BCUT2D eigenvalue weighted by molar-refractivity contribution is -0.145. The van der Waals surface area contributed by atoms with Crippen molar-refractivity contribution >= 4 is 18.6 Å². The van der Waals surface area contributed by atoms with Gasteiger partial charge in [0, 0.05) is 12.9 Å². The smallest absolute Gasteiger partial charge is 0.323 e. The van der Waals surface area contributed by atoms with Crippen LogP contribution in [0.15, 0.2) is 0 Å². The van der Waals surface area contributed by atoms with Crippen LogP contribution in [-0.2, 0) is 14.3 Å². The molecule has 4 nitrogen and oxygen atoms in total. The Morgan fingerprint density at radius 3 is 2.73 bits per heavy atom. The van der Waals surface area contributed by atoms with Crippen LogP contribution in [0, 0.1) is 0 Å². The van der Waals surface area contributed by atoms with Crippen molar-refractivity contribution < 1.29 is 14.3 Å². The van der Waals surface area contributed by atoms with E-state index in [0.29, 0.717) is 12.4 Å². The minimum atomic E-state index is -0.629. The molecule has 0 spiro atoms. The van der Waals surface area contributed by atoms with Crippen LogP contribution < -0.4 is 5.73 Å². The van der Waals surface area contributed by atoms with Gasteiger partial charge in [-0.3, -0.25) is 4.79 Å². The summed E-state index contributed by atoms with van der Waals surface area (Å²) in [4.78, 5) is 10.8. The van der Waals surface area contributed by atoms with Gasteiger partial charge in [0.05, 0.1) is 6.61 Å². The SMILES string of the molecule is COCCOC(=O)[C@H](N)CS. The zero-order valence-electron chi connectivity index (χ0n) is 6.45. The Kier molecular flexibility index (Phi) is 6.30. The summed E-state index contributed by atoms with van der Waals surface area (Å²) >= 11 is 3.84. The normalized spacial score (nSPS) is 12.6. The van der Waals surface area contributed by atoms with Crippen molar-refractivity contribution in [3.8, 4) is 0 Å². The number of rotatable bonds is 5. The Morgan fingerprint density at radius 1 is 1.64 bits per heavy atom. The van der Waals surface area contributed by atoms with Gasteiger partial charge in [-0.2, -0.15) is 12.6 Å². The Morgan fingerprint density at radius 2 is 2.27 bits per heavy atom. The first-order chi connectivity index (χ1) is 5.22. The summed E-state index contributed by atoms with van der Waals surface area (Å²) in [5, 5.41) is 0. The van der Waals surface area contributed by atoms with Crippen molar-refractivity contribution in [2.75, 3.05) is 26.1 Å². The Balaban J connectivity index is 3.36. The van der Waals surface area contributed by atoms with Crippen LogP contribution in [0.4, 0.5) is 0 Å². The van der Waals surface area contributed by atoms with Crippen LogP contribution in [0.1, 0.15) is 0 Å². The maximum Gasteiger partial charge on any atom is 0.323 e. The van der Waals surface area contributed by atoms with Gasteiger partial charge < -0.3 is 15.2 Å². The lowest BCUT2D eigenvalue weighted by Gasteiger charge is -2.07. The second-order valence-electron chi connectivity index (χ2n) is 1.95. The van der Waals surface area contributed by atoms with Gasteiger partial charge in [-0.05, 0) is 0 Å². The second-order valence-corrected chi connectivity index (χ2v) is 2.31. The topological polar surface area (TPSA) is 61.5 Å². The highest BCUT2D eigenvalue weighted by Crippen LogP contribution is 1.88. The quantitative estimate of drug-likeness (QED) is 0.337. The van der Waals surface area contributed by atoms with Crippen LogP contribution in [0.3, 0.4) is 0 Å². The number of thiol groups is 1. The van der Waals surface area contributed by atoms with E-state index >= 15 is 0 Å². The monoisotopic (exact) mass is 179 g/mol. The van der Waals surface area contributed by atoms with Crippen LogP contribution in [-0.4, -0.2) is 38.1 Å². The molecule has 1 atom stereocenters. The van der Waals surface area contributed by atoms with E-state index in [4.69, 9.17) is 10.5 Å². The molecule has 0 unspecified atom stereocenters. The standard InChI is InChI=1S/C6H13NO3S/c1-9-2-3-10-6(8)5(7)4-11/h5,11H,2-4,7H2,1H3/t5-/m1/s1. The number of hydrogen-bond donors (Lipinski definition) is 2. The minimum absolute atomic E-state index is 0.247. The molecule has 0 aliphatic carbocycles. The van der Waals surface area contributed by atoms with E-state index in [1.807, 2.05) is 0 Å². The largest absolute Gasteiger partial charge is 0.462 e. The van der Waals surface area contributed by atoms with Crippen molar-refractivity contribution in [1.29, 1.82) is 0 Å². The van der Waals surface area contributed by atoms with Gasteiger partial charge in [0.25, 0.3) is 0 Å². The van der Waals surface area contributed by atoms with Gasteiger partial charge in [0.2, 0.25) is 0 Å². The van der Waals surface area contributed by atoms with E-state index in [1.165, 1.54) is 7.11 Å². The first-order valence-electron chi connectivity index (χ1n) is 3.24. The highest BCUT2D eigenvalue weighted by molar-refractivity contribution is 7.80. The van der Waals surface area contributed by atoms with E-state index < -0.39 is 12.0 Å². The zero-order chi connectivity index (χ0) is 8.69. The fourth-order valence-corrected chi connectivity index (χ4v) is 0.556. The third-order valence-electron chi connectivity index (χ3n) is 1.03. The molecule has 0 fully saturated rings. The summed E-state index contributed by atoms with van der Waals surface area (Å²) in [5.74, 6) is -0.136. The van der Waals surface area contributed by atoms with Crippen molar-refractivity contribution in [2.24, 2.45) is 5.73 Å². The molecule has 0 rings (SSSR count). The fraction of sp³-hybridized carbons (Fsp3) is 0.833. The average molecular weight is 179 g/mol. The number of esters is 1. The first kappa shape index (κ1) is 10.7. The van der Waals surface area contributed by atoms with E-state index in [9.17, 15) is 4.79 Å². The van der Waals surface area contributed by atoms with Gasteiger partial charge in [0.1, 0.15) is 12.6 Å². The molecule has 0 saturated carbocycles. The van der Waals surface area contributed by atoms with Crippen LogP contribution in [0.5, 0.6) is 0 Å². The molecule has 11 heavy (non-hydrogen) atoms. The number of nitrogens with two attached hydrogens (primary N) is 1. The van der Waals surface area contributed by atoms with E-state index in [1.54, 1.807) is 0 Å². The molecule has 0 radical (unpaired) electrons. The van der Waals surface area contributed by atoms with Crippen molar-refractivity contribution in [3.63, 3.8) is 0 Å². The Labute approximate surface area is 71.4 Å². The molecule has 0 saturated heterocycles. The highest BCUT2D eigenvalue weighted by Gasteiger charge is 2.11. The molecule has 0 heterocycles. The van der Waals surface area contributed by atoms with E-state index in [-0.39, 0.29) is 6.61 Å². The average Bonchev–Trinajstić information content (AvgIpc) is 2.03. The minimum Gasteiger partial charge on any atom is -0.462 e. The Bertz CT molecular complexity index is 120. The summed E-state index contributed by atoms with van der Waals surface area (Å²) in [6, 6.07) is -0.629. The van der Waals surface area contributed by atoms with Gasteiger partial charge in [-0.1, -0.05) is 0 Å². The number of hydrogen-bond acceptors (Lipinski definition) is 5. The van der Waals surface area contributed by atoms with E-state index in [2.05, 4.69) is 17.4 Å². The summed E-state index contributed by atoms with van der Waals surface area (Å²) in [5.41, 5.74) is 5.31. The first-order valence-corrected chi connectivity index (χ1v) is 3.87. The summed E-state index contributed by atoms with van der Waals surface area (Å²) in [7, 11) is 1.53. The maximum atomic E-state index is 10.8. The number of carbonyl (C=O) groups is 1. The molecule has 0 bridgehead atoms. The molecular formula is C6H13NO3S. The molecule has 5 heteroatoms. The molecule has 0 amide bonds. The van der Waals surface area contributed by atoms with Crippen molar-refractivity contribution in [3.05, 3.63) is 0 Å². The predicted octanol–water partition coefficient (Wildman–Crippen LogP) is -0.567. The number of ether oxygens (including phenoxy) is 2.